The number of aromatic amines is 1. The van der Waals surface area contributed by atoms with Crippen molar-refractivity contribution in [2.24, 2.45) is 0 Å². The molecule has 2 rings (SSSR count). The first-order valence-corrected chi connectivity index (χ1v) is 5.39. The number of fused-ring (bicyclic) bond motifs is 1. The number of rotatable bonds is 6. The van der Waals surface area contributed by atoms with Gasteiger partial charge in [-0.15, -0.1) is 0 Å². The normalized spacial score (nSPS) is 11.1. The predicted molar refractivity (Wildman–Crippen MR) is 62.1 cm³/mol. The van der Waals surface area contributed by atoms with Gasteiger partial charge in [0.25, 0.3) is 0 Å². The minimum absolute atomic E-state index is 0.801. The summed E-state index contributed by atoms with van der Waals surface area (Å²) in [6.07, 6.45) is 1.03. The van der Waals surface area contributed by atoms with E-state index in [9.17, 15) is 0 Å². The smallest absolute Gasteiger partial charge is 0.113 e. The second kappa shape index (κ2) is 5.58. The summed E-state index contributed by atoms with van der Waals surface area (Å²) in [7, 11) is 1.72. The Morgan fingerprint density at radius 3 is 3.06 bits per heavy atom. The van der Waals surface area contributed by atoms with Crippen molar-refractivity contribution in [2.75, 3.05) is 20.3 Å². The second-order valence-electron chi connectivity index (χ2n) is 3.67. The van der Waals surface area contributed by atoms with Crippen LogP contribution in [0.15, 0.2) is 18.2 Å². The fourth-order valence-corrected chi connectivity index (χ4v) is 1.57. The molecule has 0 aliphatic heterocycles. The molecule has 2 N–H and O–H groups in total. The molecule has 1 aromatic carbocycles. The van der Waals surface area contributed by atoms with E-state index in [1.807, 2.05) is 12.1 Å². The van der Waals surface area contributed by atoms with Gasteiger partial charge in [0, 0.05) is 20.3 Å². The average Bonchev–Trinajstić information content (AvgIpc) is 2.76. The van der Waals surface area contributed by atoms with E-state index in [1.54, 1.807) is 7.11 Å². The Balaban J connectivity index is 1.84. The zero-order chi connectivity index (χ0) is 11.2. The lowest BCUT2D eigenvalue weighted by atomic mass is 10.2. The van der Waals surface area contributed by atoms with Crippen molar-refractivity contribution in [3.63, 3.8) is 0 Å². The molecule has 86 valence electrons. The molecule has 0 aliphatic carbocycles. The highest BCUT2D eigenvalue weighted by molar-refractivity contribution is 5.74. The van der Waals surface area contributed by atoms with Gasteiger partial charge in [-0.05, 0) is 30.7 Å². The summed E-state index contributed by atoms with van der Waals surface area (Å²) in [5.41, 5.74) is 3.04. The summed E-state index contributed by atoms with van der Waals surface area (Å²) in [5, 5.41) is 14.0. The molecule has 0 saturated heterocycles. The Morgan fingerprint density at radius 2 is 2.19 bits per heavy atom. The van der Waals surface area contributed by atoms with Gasteiger partial charge in [0.05, 0.1) is 0 Å². The number of hydrogen-bond donors (Lipinski definition) is 2. The maximum Gasteiger partial charge on any atom is 0.113 e. The Morgan fingerprint density at radius 1 is 1.31 bits per heavy atom. The van der Waals surface area contributed by atoms with Crippen LogP contribution >= 0.6 is 0 Å². The summed E-state index contributed by atoms with van der Waals surface area (Å²) < 4.78 is 4.98. The molecular weight excluding hydrogens is 204 g/mol. The van der Waals surface area contributed by atoms with Gasteiger partial charge >= 0.3 is 0 Å². The molecular formula is C11H16N4O. The average molecular weight is 220 g/mol. The quantitative estimate of drug-likeness (QED) is 0.715. The highest BCUT2D eigenvalue weighted by atomic mass is 16.5. The van der Waals surface area contributed by atoms with Crippen LogP contribution in [0.5, 0.6) is 0 Å². The third-order valence-electron chi connectivity index (χ3n) is 2.41. The minimum atomic E-state index is 0.801. The third kappa shape index (κ3) is 2.77. The van der Waals surface area contributed by atoms with E-state index >= 15 is 0 Å². The van der Waals surface area contributed by atoms with Gasteiger partial charge in [-0.3, -0.25) is 0 Å². The molecule has 0 amide bonds. The number of methoxy groups -OCH3 is 1. The fourth-order valence-electron chi connectivity index (χ4n) is 1.57. The molecule has 0 radical (unpaired) electrons. The molecule has 0 bridgehead atoms. The van der Waals surface area contributed by atoms with E-state index in [2.05, 4.69) is 26.8 Å². The maximum atomic E-state index is 4.98. The topological polar surface area (TPSA) is 62.8 Å². The Labute approximate surface area is 94.2 Å². The highest BCUT2D eigenvalue weighted by Gasteiger charge is 1.99. The van der Waals surface area contributed by atoms with Gasteiger partial charge in [0.1, 0.15) is 11.0 Å². The van der Waals surface area contributed by atoms with Crippen molar-refractivity contribution >= 4 is 11.0 Å². The van der Waals surface area contributed by atoms with E-state index in [0.29, 0.717) is 0 Å². The van der Waals surface area contributed by atoms with E-state index < -0.39 is 0 Å². The summed E-state index contributed by atoms with van der Waals surface area (Å²) in [6, 6.07) is 6.08. The van der Waals surface area contributed by atoms with Crippen LogP contribution < -0.4 is 5.32 Å². The lowest BCUT2D eigenvalue weighted by Crippen LogP contribution is -2.15. The van der Waals surface area contributed by atoms with Crippen molar-refractivity contribution in [3.05, 3.63) is 23.8 Å². The maximum absolute atomic E-state index is 4.98. The van der Waals surface area contributed by atoms with Gasteiger partial charge in [-0.2, -0.15) is 15.4 Å². The van der Waals surface area contributed by atoms with Crippen LogP contribution in [-0.2, 0) is 11.3 Å². The Hall–Kier alpha value is -1.46. The number of ether oxygens (including phenoxy) is 1. The van der Waals surface area contributed by atoms with Crippen LogP contribution in [0.1, 0.15) is 12.0 Å². The van der Waals surface area contributed by atoms with Gasteiger partial charge in [0.15, 0.2) is 0 Å². The number of hydrogen-bond acceptors (Lipinski definition) is 4. The Kier molecular flexibility index (Phi) is 3.85. The SMILES string of the molecule is COCCCNCc1ccc2n[nH]nc2c1. The molecule has 0 fully saturated rings. The zero-order valence-electron chi connectivity index (χ0n) is 9.36. The molecule has 0 aliphatic rings. The lowest BCUT2D eigenvalue weighted by Gasteiger charge is -2.04. The first-order valence-electron chi connectivity index (χ1n) is 5.39. The van der Waals surface area contributed by atoms with Crippen molar-refractivity contribution in [2.45, 2.75) is 13.0 Å². The summed E-state index contributed by atoms with van der Waals surface area (Å²) in [6.45, 7) is 2.62. The molecule has 0 spiro atoms. The predicted octanol–water partition coefficient (Wildman–Crippen LogP) is 1.08. The van der Waals surface area contributed by atoms with E-state index in [1.165, 1.54) is 5.56 Å². The van der Waals surface area contributed by atoms with E-state index in [-0.39, 0.29) is 0 Å². The van der Waals surface area contributed by atoms with Crippen molar-refractivity contribution < 1.29 is 4.74 Å². The zero-order valence-corrected chi connectivity index (χ0v) is 9.36. The van der Waals surface area contributed by atoms with Crippen LogP contribution in [-0.4, -0.2) is 35.7 Å². The lowest BCUT2D eigenvalue weighted by molar-refractivity contribution is 0.194. The van der Waals surface area contributed by atoms with E-state index in [4.69, 9.17) is 4.74 Å². The van der Waals surface area contributed by atoms with Crippen LogP contribution in [0.25, 0.3) is 11.0 Å². The van der Waals surface area contributed by atoms with Gasteiger partial charge in [-0.1, -0.05) is 6.07 Å². The molecule has 1 aromatic heterocycles. The first-order chi connectivity index (χ1) is 7.90. The molecule has 1 heterocycles. The largest absolute Gasteiger partial charge is 0.385 e. The van der Waals surface area contributed by atoms with Crippen LogP contribution in [0, 0.1) is 0 Å². The number of aromatic nitrogens is 3. The first kappa shape index (κ1) is 11.0. The van der Waals surface area contributed by atoms with Crippen molar-refractivity contribution in [1.29, 1.82) is 0 Å². The highest BCUT2D eigenvalue weighted by Crippen LogP contribution is 2.09. The van der Waals surface area contributed by atoms with Gasteiger partial charge < -0.3 is 10.1 Å². The van der Waals surface area contributed by atoms with Crippen LogP contribution in [0.4, 0.5) is 0 Å². The van der Waals surface area contributed by atoms with Crippen LogP contribution in [0.2, 0.25) is 0 Å². The summed E-state index contributed by atoms with van der Waals surface area (Å²) in [5.74, 6) is 0. The number of H-pyrrole nitrogens is 1. The molecule has 5 nitrogen and oxygen atoms in total. The van der Waals surface area contributed by atoms with Crippen molar-refractivity contribution in [1.82, 2.24) is 20.7 Å². The Bertz CT molecular complexity index is 440. The van der Waals surface area contributed by atoms with E-state index in [0.717, 1.165) is 37.2 Å². The molecule has 16 heavy (non-hydrogen) atoms. The van der Waals surface area contributed by atoms with Crippen LogP contribution in [0.3, 0.4) is 0 Å². The number of benzene rings is 1. The van der Waals surface area contributed by atoms with Gasteiger partial charge in [0.2, 0.25) is 0 Å². The molecule has 0 unspecified atom stereocenters. The third-order valence-corrected chi connectivity index (χ3v) is 2.41. The van der Waals surface area contributed by atoms with Crippen molar-refractivity contribution in [3.8, 4) is 0 Å². The molecule has 5 heteroatoms. The van der Waals surface area contributed by atoms with Gasteiger partial charge in [-0.25, -0.2) is 0 Å². The number of nitrogens with one attached hydrogen (secondary N) is 2. The molecule has 0 saturated carbocycles. The minimum Gasteiger partial charge on any atom is -0.385 e. The standard InChI is InChI=1S/C11H16N4O/c1-16-6-2-5-12-8-9-3-4-10-11(7-9)14-15-13-10/h3-4,7,12H,2,5-6,8H2,1H3,(H,13,14,15). The molecule has 0 atom stereocenters. The molecule has 2 aromatic rings. The second-order valence-corrected chi connectivity index (χ2v) is 3.67. The number of nitrogens with zero attached hydrogens (tertiary/aromatic N) is 2. The fraction of sp³-hybridized carbons (Fsp3) is 0.455. The summed E-state index contributed by atoms with van der Waals surface area (Å²) >= 11 is 0. The monoisotopic (exact) mass is 220 g/mol. The summed E-state index contributed by atoms with van der Waals surface area (Å²) in [4.78, 5) is 0.